The van der Waals surface area contributed by atoms with Gasteiger partial charge in [0.15, 0.2) is 0 Å². The highest BCUT2D eigenvalue weighted by molar-refractivity contribution is 6.08. The third-order valence-corrected chi connectivity index (χ3v) is 6.15. The molecule has 1 aliphatic rings. The van der Waals surface area contributed by atoms with E-state index in [1.54, 1.807) is 29.2 Å². The number of anilines is 1. The molecule has 174 valence electrons. The summed E-state index contributed by atoms with van der Waals surface area (Å²) in [4.78, 5) is 33.2. The van der Waals surface area contributed by atoms with E-state index < -0.39 is 5.97 Å². The lowest BCUT2D eigenvalue weighted by molar-refractivity contribution is 0.0514. The van der Waals surface area contributed by atoms with Crippen molar-refractivity contribution in [1.29, 1.82) is 0 Å². The summed E-state index contributed by atoms with van der Waals surface area (Å²) in [5, 5.41) is 4.30. The number of rotatable bonds is 6. The van der Waals surface area contributed by atoms with Crippen LogP contribution in [-0.4, -0.2) is 28.7 Å². The SMILES string of the molecule is Cc1ccc(N(C[C@H]2Cn3cccc3C2=NOC(=O)c2ccccc2)C(=O)c2ccccc2)cc1. The molecule has 0 aliphatic carbocycles. The zero-order chi connectivity index (χ0) is 24.2. The number of carbonyl (C=O) groups excluding carboxylic acids is 2. The first-order valence-electron chi connectivity index (χ1n) is 11.5. The Balaban J connectivity index is 1.45. The number of hydrogen-bond acceptors (Lipinski definition) is 4. The highest BCUT2D eigenvalue weighted by atomic mass is 16.7. The first kappa shape index (κ1) is 22.3. The van der Waals surface area contributed by atoms with Gasteiger partial charge in [-0.3, -0.25) is 4.79 Å². The fourth-order valence-electron chi connectivity index (χ4n) is 4.31. The summed E-state index contributed by atoms with van der Waals surface area (Å²) >= 11 is 0. The molecule has 6 heteroatoms. The van der Waals surface area contributed by atoms with Crippen LogP contribution >= 0.6 is 0 Å². The predicted molar refractivity (Wildman–Crippen MR) is 136 cm³/mol. The second kappa shape index (κ2) is 9.81. The highest BCUT2D eigenvalue weighted by Gasteiger charge is 2.33. The molecular formula is C29H25N3O3. The topological polar surface area (TPSA) is 63.9 Å². The van der Waals surface area contributed by atoms with Crippen molar-refractivity contribution in [3.05, 3.63) is 126 Å². The average Bonchev–Trinajstić information content (AvgIpc) is 3.48. The van der Waals surface area contributed by atoms with Gasteiger partial charge in [0.25, 0.3) is 5.91 Å². The van der Waals surface area contributed by atoms with Gasteiger partial charge in [0, 0.05) is 36.5 Å². The molecule has 2 heterocycles. The van der Waals surface area contributed by atoms with E-state index in [1.165, 1.54) is 0 Å². The van der Waals surface area contributed by atoms with Gasteiger partial charge in [0.1, 0.15) is 5.71 Å². The molecule has 35 heavy (non-hydrogen) atoms. The van der Waals surface area contributed by atoms with Gasteiger partial charge in [-0.05, 0) is 55.5 Å². The number of nitrogens with zero attached hydrogens (tertiary/aromatic N) is 3. The van der Waals surface area contributed by atoms with E-state index in [4.69, 9.17) is 4.84 Å². The van der Waals surface area contributed by atoms with Crippen LogP contribution in [0.3, 0.4) is 0 Å². The Morgan fingerprint density at radius 2 is 1.54 bits per heavy atom. The summed E-state index contributed by atoms with van der Waals surface area (Å²) in [5.74, 6) is -0.756. The van der Waals surface area contributed by atoms with E-state index in [0.717, 1.165) is 16.9 Å². The van der Waals surface area contributed by atoms with E-state index in [9.17, 15) is 9.59 Å². The third-order valence-electron chi connectivity index (χ3n) is 6.15. The molecule has 5 rings (SSSR count). The molecule has 1 aromatic heterocycles. The maximum atomic E-state index is 13.6. The van der Waals surface area contributed by atoms with Crippen molar-refractivity contribution in [2.75, 3.05) is 11.4 Å². The first-order chi connectivity index (χ1) is 17.1. The Morgan fingerprint density at radius 1 is 0.886 bits per heavy atom. The van der Waals surface area contributed by atoms with Crippen LogP contribution in [0.25, 0.3) is 0 Å². The molecule has 1 amide bonds. The average molecular weight is 464 g/mol. The monoisotopic (exact) mass is 463 g/mol. The van der Waals surface area contributed by atoms with Gasteiger partial charge >= 0.3 is 5.97 Å². The smallest absolute Gasteiger partial charge is 0.346 e. The molecule has 0 bridgehead atoms. The molecule has 6 nitrogen and oxygen atoms in total. The molecule has 0 N–H and O–H groups in total. The Hall–Kier alpha value is -4.45. The quantitative estimate of drug-likeness (QED) is 0.287. The minimum atomic E-state index is -0.516. The highest BCUT2D eigenvalue weighted by Crippen LogP contribution is 2.27. The summed E-state index contributed by atoms with van der Waals surface area (Å²) in [6.45, 7) is 3.04. The molecule has 1 aliphatic heterocycles. The molecule has 0 radical (unpaired) electrons. The van der Waals surface area contributed by atoms with E-state index >= 15 is 0 Å². The van der Waals surface area contributed by atoms with Gasteiger partial charge in [-0.15, -0.1) is 0 Å². The molecule has 4 aromatic rings. The van der Waals surface area contributed by atoms with E-state index in [-0.39, 0.29) is 11.8 Å². The van der Waals surface area contributed by atoms with Crippen molar-refractivity contribution in [2.45, 2.75) is 13.5 Å². The number of hydrogen-bond donors (Lipinski definition) is 0. The van der Waals surface area contributed by atoms with Crippen LogP contribution in [0.2, 0.25) is 0 Å². The minimum absolute atomic E-state index is 0.0911. The van der Waals surface area contributed by atoms with Crippen LogP contribution in [0.1, 0.15) is 32.0 Å². The predicted octanol–water partition coefficient (Wildman–Crippen LogP) is 5.33. The van der Waals surface area contributed by atoms with Gasteiger partial charge in [0.05, 0.1) is 11.3 Å². The van der Waals surface area contributed by atoms with E-state index in [2.05, 4.69) is 9.72 Å². The Kier molecular flexibility index (Phi) is 6.26. The number of aromatic nitrogens is 1. The maximum Gasteiger partial charge on any atom is 0.365 e. The van der Waals surface area contributed by atoms with Gasteiger partial charge < -0.3 is 14.3 Å². The normalized spacial score (nSPS) is 15.6. The van der Waals surface area contributed by atoms with Gasteiger partial charge in [-0.2, -0.15) is 0 Å². The maximum absolute atomic E-state index is 13.6. The van der Waals surface area contributed by atoms with Gasteiger partial charge in [0.2, 0.25) is 0 Å². The van der Waals surface area contributed by atoms with Crippen molar-refractivity contribution in [1.82, 2.24) is 4.57 Å². The molecule has 1 atom stereocenters. The summed E-state index contributed by atoms with van der Waals surface area (Å²) in [7, 11) is 0. The number of carbonyl (C=O) groups is 2. The molecule has 0 saturated carbocycles. The van der Waals surface area contributed by atoms with Crippen LogP contribution in [0.5, 0.6) is 0 Å². The van der Waals surface area contributed by atoms with Crippen molar-refractivity contribution in [2.24, 2.45) is 11.1 Å². The Bertz CT molecular complexity index is 1360. The molecular weight excluding hydrogens is 438 g/mol. The second-order valence-electron chi connectivity index (χ2n) is 8.58. The molecule has 0 fully saturated rings. The van der Waals surface area contributed by atoms with Crippen molar-refractivity contribution in [3.63, 3.8) is 0 Å². The number of aryl methyl sites for hydroxylation is 1. The third kappa shape index (κ3) is 4.77. The largest absolute Gasteiger partial charge is 0.365 e. The summed E-state index contributed by atoms with van der Waals surface area (Å²) in [6, 6.07) is 29.8. The van der Waals surface area contributed by atoms with Crippen molar-refractivity contribution >= 4 is 23.3 Å². The van der Waals surface area contributed by atoms with Crippen molar-refractivity contribution in [3.8, 4) is 0 Å². The van der Waals surface area contributed by atoms with E-state index in [0.29, 0.717) is 29.9 Å². The summed E-state index contributed by atoms with van der Waals surface area (Å²) < 4.78 is 2.07. The molecule has 0 spiro atoms. The molecule has 0 unspecified atom stereocenters. The number of benzene rings is 3. The number of amides is 1. The van der Waals surface area contributed by atoms with Crippen LogP contribution in [0, 0.1) is 12.8 Å². The lowest BCUT2D eigenvalue weighted by atomic mass is 10.0. The molecule has 3 aromatic carbocycles. The Morgan fingerprint density at radius 3 is 2.23 bits per heavy atom. The van der Waals surface area contributed by atoms with E-state index in [1.807, 2.05) is 85.9 Å². The summed E-state index contributed by atoms with van der Waals surface area (Å²) in [6.07, 6.45) is 1.97. The minimum Gasteiger partial charge on any atom is -0.346 e. The Labute approximate surface area is 204 Å². The molecule has 0 saturated heterocycles. The summed E-state index contributed by atoms with van der Waals surface area (Å²) in [5.41, 5.74) is 4.50. The fraction of sp³-hybridized carbons (Fsp3) is 0.138. The van der Waals surface area contributed by atoms with Crippen molar-refractivity contribution < 1.29 is 14.4 Å². The lowest BCUT2D eigenvalue weighted by Crippen LogP contribution is -2.37. The second-order valence-corrected chi connectivity index (χ2v) is 8.58. The fourth-order valence-corrected chi connectivity index (χ4v) is 4.31. The van der Waals surface area contributed by atoms with Crippen LogP contribution in [0.15, 0.2) is 108 Å². The van der Waals surface area contributed by atoms with Gasteiger partial charge in [-0.25, -0.2) is 4.79 Å². The zero-order valence-electron chi connectivity index (χ0n) is 19.4. The van der Waals surface area contributed by atoms with Crippen LogP contribution in [-0.2, 0) is 11.4 Å². The standard InChI is InChI=1S/C29H25N3O3/c1-21-14-16-25(17-15-21)32(28(33)22-9-4-2-5-10-22)20-24-19-31-18-8-13-26(31)27(24)30-35-29(34)23-11-6-3-7-12-23/h2-18,24H,19-20H2,1H3/t24-/m1/s1. The van der Waals surface area contributed by atoms with Gasteiger partial charge in [-0.1, -0.05) is 59.3 Å². The first-order valence-corrected chi connectivity index (χ1v) is 11.5. The zero-order valence-corrected chi connectivity index (χ0v) is 19.4. The van der Waals surface area contributed by atoms with Crippen LogP contribution in [0.4, 0.5) is 5.69 Å². The number of fused-ring (bicyclic) bond motifs is 1. The lowest BCUT2D eigenvalue weighted by Gasteiger charge is -2.26. The van der Waals surface area contributed by atoms with Crippen LogP contribution < -0.4 is 4.90 Å². The number of oxime groups is 1.